The third-order valence-corrected chi connectivity index (χ3v) is 5.82. The summed E-state index contributed by atoms with van der Waals surface area (Å²) < 4.78 is 5.21. The van der Waals surface area contributed by atoms with Crippen LogP contribution in [-0.2, 0) is 14.3 Å². The van der Waals surface area contributed by atoms with Crippen molar-refractivity contribution < 1.29 is 19.1 Å². The summed E-state index contributed by atoms with van der Waals surface area (Å²) >= 11 is 0. The van der Waals surface area contributed by atoms with E-state index in [1.807, 2.05) is 20.8 Å². The van der Waals surface area contributed by atoms with Crippen LogP contribution in [0.2, 0.25) is 0 Å². The van der Waals surface area contributed by atoms with Gasteiger partial charge in [0.25, 0.3) is 0 Å². The predicted octanol–water partition coefficient (Wildman–Crippen LogP) is 4.22. The average Bonchev–Trinajstić information content (AvgIpc) is 3.22. The zero-order chi connectivity index (χ0) is 19.6. The lowest BCUT2D eigenvalue weighted by Crippen LogP contribution is -2.27. The van der Waals surface area contributed by atoms with E-state index in [0.717, 1.165) is 12.3 Å². The fourth-order valence-electron chi connectivity index (χ4n) is 4.19. The third kappa shape index (κ3) is 4.96. The molecule has 1 aromatic rings. The molecule has 1 amide bonds. The van der Waals surface area contributed by atoms with E-state index in [9.17, 15) is 14.4 Å². The number of fused-ring (bicyclic) bond motifs is 2. The first-order valence-corrected chi connectivity index (χ1v) is 9.82. The first-order valence-electron chi connectivity index (χ1n) is 9.82. The van der Waals surface area contributed by atoms with Crippen molar-refractivity contribution in [2.24, 2.45) is 23.2 Å². The summed E-state index contributed by atoms with van der Waals surface area (Å²) in [5.41, 5.74) is 0.623. The zero-order valence-corrected chi connectivity index (χ0v) is 16.4. The molecule has 2 fully saturated rings. The van der Waals surface area contributed by atoms with Crippen molar-refractivity contribution in [2.75, 3.05) is 11.9 Å². The summed E-state index contributed by atoms with van der Waals surface area (Å²) in [4.78, 5) is 36.3. The standard InChI is InChI=1S/C22H29NO4/c1-22(2,3)21(26)23-18-8-6-15(7-9-18)19(24)13-27-20(25)12-17-11-14-4-5-16(17)10-14/h6-9,14,16-17H,4-5,10-13H2,1-3H3,(H,23,26)/t14-,16-,17+/m1/s1. The van der Waals surface area contributed by atoms with Crippen molar-refractivity contribution in [3.8, 4) is 0 Å². The molecule has 1 aromatic carbocycles. The molecule has 0 aliphatic heterocycles. The van der Waals surface area contributed by atoms with Gasteiger partial charge in [-0.25, -0.2) is 0 Å². The maximum atomic E-state index is 12.2. The maximum Gasteiger partial charge on any atom is 0.306 e. The van der Waals surface area contributed by atoms with Crippen molar-refractivity contribution in [1.82, 2.24) is 0 Å². The molecule has 0 unspecified atom stereocenters. The third-order valence-electron chi connectivity index (χ3n) is 5.82. The number of ether oxygens (including phenoxy) is 1. The number of ketones is 1. The number of esters is 1. The quantitative estimate of drug-likeness (QED) is 0.600. The van der Waals surface area contributed by atoms with Crippen molar-refractivity contribution in [1.29, 1.82) is 0 Å². The molecule has 0 heterocycles. The number of carbonyl (C=O) groups is 3. The topological polar surface area (TPSA) is 72.5 Å². The predicted molar refractivity (Wildman–Crippen MR) is 103 cm³/mol. The van der Waals surface area contributed by atoms with Crippen LogP contribution in [0.4, 0.5) is 5.69 Å². The van der Waals surface area contributed by atoms with E-state index < -0.39 is 5.41 Å². The SMILES string of the molecule is CC(C)(C)C(=O)Nc1ccc(C(=O)COC(=O)C[C@@H]2C[C@@H]3CC[C@@H]2C3)cc1. The first-order chi connectivity index (χ1) is 12.7. The van der Waals surface area contributed by atoms with Gasteiger partial charge >= 0.3 is 5.97 Å². The van der Waals surface area contributed by atoms with Crippen LogP contribution in [0.3, 0.4) is 0 Å². The van der Waals surface area contributed by atoms with Crippen LogP contribution < -0.4 is 5.32 Å². The molecule has 3 atom stereocenters. The Hall–Kier alpha value is -2.17. The summed E-state index contributed by atoms with van der Waals surface area (Å²) in [7, 11) is 0. The number of benzene rings is 1. The van der Waals surface area contributed by atoms with Crippen LogP contribution in [0.15, 0.2) is 24.3 Å². The van der Waals surface area contributed by atoms with Crippen LogP contribution >= 0.6 is 0 Å². The van der Waals surface area contributed by atoms with E-state index in [1.165, 1.54) is 19.3 Å². The molecule has 5 heteroatoms. The molecule has 0 saturated heterocycles. The molecule has 2 aliphatic carbocycles. The minimum Gasteiger partial charge on any atom is -0.457 e. The lowest BCUT2D eigenvalue weighted by atomic mass is 9.86. The molecular formula is C22H29NO4. The van der Waals surface area contributed by atoms with Gasteiger partial charge in [-0.1, -0.05) is 27.2 Å². The van der Waals surface area contributed by atoms with Gasteiger partial charge in [-0.15, -0.1) is 0 Å². The van der Waals surface area contributed by atoms with Gasteiger partial charge in [0, 0.05) is 23.1 Å². The molecule has 146 valence electrons. The second-order valence-corrected chi connectivity index (χ2v) is 9.00. The highest BCUT2D eigenvalue weighted by molar-refractivity contribution is 5.99. The minimum atomic E-state index is -0.485. The molecule has 2 saturated carbocycles. The highest BCUT2D eigenvalue weighted by atomic mass is 16.5. The maximum absolute atomic E-state index is 12.2. The Morgan fingerprint density at radius 1 is 1.07 bits per heavy atom. The molecule has 5 nitrogen and oxygen atoms in total. The van der Waals surface area contributed by atoms with E-state index in [0.29, 0.717) is 29.5 Å². The Morgan fingerprint density at radius 2 is 1.78 bits per heavy atom. The Bertz CT molecular complexity index is 717. The number of nitrogens with one attached hydrogen (secondary N) is 1. The van der Waals surface area contributed by atoms with Crippen LogP contribution in [0.25, 0.3) is 0 Å². The van der Waals surface area contributed by atoms with Gasteiger partial charge in [0.15, 0.2) is 12.4 Å². The molecule has 2 bridgehead atoms. The van der Waals surface area contributed by atoms with Gasteiger partial charge in [-0.3, -0.25) is 14.4 Å². The highest BCUT2D eigenvalue weighted by Gasteiger charge is 2.40. The number of hydrogen-bond donors (Lipinski definition) is 1. The largest absolute Gasteiger partial charge is 0.457 e. The number of amides is 1. The highest BCUT2D eigenvalue weighted by Crippen LogP contribution is 2.49. The van der Waals surface area contributed by atoms with Crippen LogP contribution in [0.5, 0.6) is 0 Å². The Kier molecular flexibility index (Phi) is 5.68. The molecular weight excluding hydrogens is 342 g/mol. The second-order valence-electron chi connectivity index (χ2n) is 9.00. The van der Waals surface area contributed by atoms with Crippen molar-refractivity contribution in [2.45, 2.75) is 52.9 Å². The Labute approximate surface area is 160 Å². The van der Waals surface area contributed by atoms with Crippen molar-refractivity contribution in [3.05, 3.63) is 29.8 Å². The molecule has 0 radical (unpaired) electrons. The number of anilines is 1. The van der Waals surface area contributed by atoms with Crippen molar-refractivity contribution >= 4 is 23.3 Å². The van der Waals surface area contributed by atoms with E-state index in [1.54, 1.807) is 24.3 Å². The number of rotatable bonds is 6. The minimum absolute atomic E-state index is 0.0869. The first kappa shape index (κ1) is 19.6. The number of Topliss-reactive ketones (excluding diaryl/α,β-unsaturated/α-hetero) is 1. The summed E-state index contributed by atoms with van der Waals surface area (Å²) in [6.07, 6.45) is 5.37. The summed E-state index contributed by atoms with van der Waals surface area (Å²) in [5.74, 6) is 1.33. The van der Waals surface area contributed by atoms with E-state index >= 15 is 0 Å². The van der Waals surface area contributed by atoms with Crippen LogP contribution in [0.1, 0.15) is 63.2 Å². The normalized spacial score (nSPS) is 23.9. The second kappa shape index (κ2) is 7.83. The monoisotopic (exact) mass is 371 g/mol. The van der Waals surface area contributed by atoms with E-state index in [-0.39, 0.29) is 24.3 Å². The van der Waals surface area contributed by atoms with Gasteiger partial charge in [-0.2, -0.15) is 0 Å². The lowest BCUT2D eigenvalue weighted by Gasteiger charge is -2.20. The van der Waals surface area contributed by atoms with Gasteiger partial charge in [0.1, 0.15) is 0 Å². The summed E-state index contributed by atoms with van der Waals surface area (Å²) in [6, 6.07) is 6.66. The fraction of sp³-hybridized carbons (Fsp3) is 0.591. The van der Waals surface area contributed by atoms with Gasteiger partial charge < -0.3 is 10.1 Å². The fourth-order valence-corrected chi connectivity index (χ4v) is 4.19. The lowest BCUT2D eigenvalue weighted by molar-refractivity contribution is -0.144. The molecule has 0 aromatic heterocycles. The molecule has 27 heavy (non-hydrogen) atoms. The van der Waals surface area contributed by atoms with E-state index in [2.05, 4.69) is 5.32 Å². The number of hydrogen-bond acceptors (Lipinski definition) is 4. The molecule has 3 rings (SSSR count). The Morgan fingerprint density at radius 3 is 2.33 bits per heavy atom. The van der Waals surface area contributed by atoms with Gasteiger partial charge in [0.05, 0.1) is 0 Å². The Balaban J connectivity index is 1.45. The summed E-state index contributed by atoms with van der Waals surface area (Å²) in [6.45, 7) is 5.29. The van der Waals surface area contributed by atoms with E-state index in [4.69, 9.17) is 4.74 Å². The van der Waals surface area contributed by atoms with Gasteiger partial charge in [-0.05, 0) is 61.3 Å². The van der Waals surface area contributed by atoms with Crippen LogP contribution in [0, 0.1) is 23.2 Å². The molecule has 0 spiro atoms. The molecule has 2 aliphatic rings. The van der Waals surface area contributed by atoms with Crippen molar-refractivity contribution in [3.63, 3.8) is 0 Å². The smallest absolute Gasteiger partial charge is 0.306 e. The number of carbonyl (C=O) groups excluding carboxylic acids is 3. The molecule has 1 N–H and O–H groups in total. The van der Waals surface area contributed by atoms with Crippen LogP contribution in [-0.4, -0.2) is 24.3 Å². The average molecular weight is 371 g/mol. The summed E-state index contributed by atoms with van der Waals surface area (Å²) in [5, 5.41) is 2.82. The zero-order valence-electron chi connectivity index (χ0n) is 16.4. The van der Waals surface area contributed by atoms with Gasteiger partial charge in [0.2, 0.25) is 5.91 Å².